The van der Waals surface area contributed by atoms with E-state index in [-0.39, 0.29) is 11.9 Å². The van der Waals surface area contributed by atoms with Gasteiger partial charge in [0.15, 0.2) is 5.13 Å². The van der Waals surface area contributed by atoms with Crippen molar-refractivity contribution in [3.8, 4) is 0 Å². The number of aromatic nitrogens is 1. The number of carbonyl (C=O) groups excluding carboxylic acids is 2. The summed E-state index contributed by atoms with van der Waals surface area (Å²) in [4.78, 5) is 28.6. The Kier molecular flexibility index (Phi) is 6.64. The molecule has 3 N–H and O–H groups in total. The van der Waals surface area contributed by atoms with Crippen molar-refractivity contribution in [1.29, 1.82) is 0 Å². The molecule has 0 aromatic carbocycles. The van der Waals surface area contributed by atoms with Gasteiger partial charge in [-0.25, -0.2) is 9.78 Å². The maximum Gasteiger partial charge on any atom is 0.315 e. The summed E-state index contributed by atoms with van der Waals surface area (Å²) in [6, 6.07) is 0.188. The molecule has 1 aliphatic carbocycles. The van der Waals surface area contributed by atoms with Gasteiger partial charge < -0.3 is 16.0 Å². The summed E-state index contributed by atoms with van der Waals surface area (Å²) in [5.74, 6) is -0.0659. The molecule has 0 aliphatic heterocycles. The van der Waals surface area contributed by atoms with Gasteiger partial charge in [-0.3, -0.25) is 4.79 Å². The van der Waals surface area contributed by atoms with Crippen molar-refractivity contribution in [2.45, 2.75) is 57.9 Å². The molecule has 7 heteroatoms. The van der Waals surface area contributed by atoms with Crippen LogP contribution in [0.4, 0.5) is 9.93 Å². The Morgan fingerprint density at radius 2 is 2.09 bits per heavy atom. The second kappa shape index (κ2) is 8.73. The summed E-state index contributed by atoms with van der Waals surface area (Å²) >= 11 is 1.46. The van der Waals surface area contributed by atoms with Gasteiger partial charge in [0.05, 0.1) is 0 Å². The Hall–Kier alpha value is -1.63. The maximum atomic E-state index is 11.7. The zero-order chi connectivity index (χ0) is 15.8. The Balaban J connectivity index is 1.54. The predicted molar refractivity (Wildman–Crippen MR) is 88.1 cm³/mol. The van der Waals surface area contributed by atoms with Crippen LogP contribution in [0, 0.1) is 6.92 Å². The number of carbonyl (C=O) groups is 2. The third-order valence-corrected chi connectivity index (χ3v) is 4.50. The molecule has 6 nitrogen and oxygen atoms in total. The Bertz CT molecular complexity index is 497. The van der Waals surface area contributed by atoms with Crippen molar-refractivity contribution in [2.24, 2.45) is 0 Å². The summed E-state index contributed by atoms with van der Waals surface area (Å²) in [6.07, 6.45) is 8.54. The van der Waals surface area contributed by atoms with Gasteiger partial charge in [0.1, 0.15) is 0 Å². The van der Waals surface area contributed by atoms with Gasteiger partial charge in [-0.15, -0.1) is 11.3 Å². The van der Waals surface area contributed by atoms with E-state index < -0.39 is 0 Å². The molecule has 1 aromatic heterocycles. The summed E-state index contributed by atoms with van der Waals surface area (Å²) < 4.78 is 0. The van der Waals surface area contributed by atoms with Crippen LogP contribution in [0.15, 0.2) is 6.20 Å². The molecule has 22 heavy (non-hydrogen) atoms. The highest BCUT2D eigenvalue weighted by Gasteiger charge is 2.15. The van der Waals surface area contributed by atoms with E-state index in [0.29, 0.717) is 30.6 Å². The SMILES string of the molecule is Cc1cnc(NC(=O)CCCNC(=O)NC2CCCCC2)s1. The highest BCUT2D eigenvalue weighted by atomic mass is 32.1. The van der Waals surface area contributed by atoms with Crippen LogP contribution in [0.1, 0.15) is 49.8 Å². The second-order valence-electron chi connectivity index (χ2n) is 5.66. The molecule has 122 valence electrons. The molecule has 0 radical (unpaired) electrons. The summed E-state index contributed by atoms with van der Waals surface area (Å²) in [7, 11) is 0. The van der Waals surface area contributed by atoms with Gasteiger partial charge in [0.2, 0.25) is 5.91 Å². The molecule has 0 spiro atoms. The quantitative estimate of drug-likeness (QED) is 0.704. The van der Waals surface area contributed by atoms with E-state index in [1.807, 2.05) is 6.92 Å². The van der Waals surface area contributed by atoms with Crippen molar-refractivity contribution in [2.75, 3.05) is 11.9 Å². The molecule has 1 aliphatic rings. The zero-order valence-electron chi connectivity index (χ0n) is 13.0. The van der Waals surface area contributed by atoms with Crippen LogP contribution in [-0.2, 0) is 4.79 Å². The third kappa shape index (κ3) is 6.01. The van der Waals surface area contributed by atoms with E-state index in [0.717, 1.165) is 17.7 Å². The van der Waals surface area contributed by atoms with Crippen LogP contribution in [0.2, 0.25) is 0 Å². The molecule has 0 bridgehead atoms. The van der Waals surface area contributed by atoms with Crippen molar-refractivity contribution >= 4 is 28.4 Å². The maximum absolute atomic E-state index is 11.7. The Morgan fingerprint density at radius 1 is 1.32 bits per heavy atom. The van der Waals surface area contributed by atoms with Gasteiger partial charge in [-0.2, -0.15) is 0 Å². The molecule has 1 aromatic rings. The number of nitrogens with one attached hydrogen (secondary N) is 3. The van der Waals surface area contributed by atoms with Crippen molar-refractivity contribution in [1.82, 2.24) is 15.6 Å². The van der Waals surface area contributed by atoms with Crippen LogP contribution in [0.3, 0.4) is 0 Å². The molecule has 3 amide bonds. The lowest BCUT2D eigenvalue weighted by atomic mass is 9.96. The van der Waals surface area contributed by atoms with Gasteiger partial charge in [0, 0.05) is 30.1 Å². The molecular weight excluding hydrogens is 300 g/mol. The number of amides is 3. The van der Waals surface area contributed by atoms with Crippen LogP contribution < -0.4 is 16.0 Å². The number of aryl methyl sites for hydroxylation is 1. The fourth-order valence-corrected chi connectivity index (χ4v) is 3.21. The van der Waals surface area contributed by atoms with Crippen LogP contribution in [-0.4, -0.2) is 29.5 Å². The van der Waals surface area contributed by atoms with Crippen molar-refractivity contribution in [3.63, 3.8) is 0 Å². The smallest absolute Gasteiger partial charge is 0.315 e. The first-order valence-electron chi connectivity index (χ1n) is 7.90. The topological polar surface area (TPSA) is 83.1 Å². The number of thiazole rings is 1. The lowest BCUT2D eigenvalue weighted by Gasteiger charge is -2.22. The number of hydrogen-bond donors (Lipinski definition) is 3. The lowest BCUT2D eigenvalue weighted by Crippen LogP contribution is -2.43. The first-order valence-corrected chi connectivity index (χ1v) is 8.72. The lowest BCUT2D eigenvalue weighted by molar-refractivity contribution is -0.116. The normalized spacial score (nSPS) is 15.3. The van der Waals surface area contributed by atoms with E-state index >= 15 is 0 Å². The van der Waals surface area contributed by atoms with E-state index in [4.69, 9.17) is 0 Å². The van der Waals surface area contributed by atoms with Crippen molar-refractivity contribution in [3.05, 3.63) is 11.1 Å². The fraction of sp³-hybridized carbons (Fsp3) is 0.667. The van der Waals surface area contributed by atoms with E-state index in [9.17, 15) is 9.59 Å². The highest BCUT2D eigenvalue weighted by Crippen LogP contribution is 2.17. The number of anilines is 1. The largest absolute Gasteiger partial charge is 0.338 e. The molecule has 0 saturated heterocycles. The van der Waals surface area contributed by atoms with Gasteiger partial charge in [-0.1, -0.05) is 19.3 Å². The molecule has 1 saturated carbocycles. The first kappa shape index (κ1) is 16.7. The molecule has 1 fully saturated rings. The van der Waals surface area contributed by atoms with Gasteiger partial charge in [0.25, 0.3) is 0 Å². The number of urea groups is 1. The van der Waals surface area contributed by atoms with E-state index in [1.165, 1.54) is 30.6 Å². The predicted octanol–water partition coefficient (Wildman–Crippen LogP) is 2.80. The number of hydrogen-bond acceptors (Lipinski definition) is 4. The van der Waals surface area contributed by atoms with E-state index in [1.54, 1.807) is 6.20 Å². The van der Waals surface area contributed by atoms with Crippen LogP contribution in [0.25, 0.3) is 0 Å². The minimum Gasteiger partial charge on any atom is -0.338 e. The summed E-state index contributed by atoms with van der Waals surface area (Å²) in [5.41, 5.74) is 0. The van der Waals surface area contributed by atoms with Crippen LogP contribution >= 0.6 is 11.3 Å². The molecule has 1 heterocycles. The Morgan fingerprint density at radius 3 is 2.77 bits per heavy atom. The molecule has 0 atom stereocenters. The Labute approximate surface area is 135 Å². The standard InChI is InChI=1S/C15H24N4O2S/c1-11-10-17-15(22-11)19-13(20)8-5-9-16-14(21)18-12-6-3-2-4-7-12/h10,12H,2-9H2,1H3,(H2,16,18,21)(H,17,19,20). The summed E-state index contributed by atoms with van der Waals surface area (Å²) in [5, 5.41) is 9.19. The first-order chi connectivity index (χ1) is 10.6. The minimum atomic E-state index is -0.122. The highest BCUT2D eigenvalue weighted by molar-refractivity contribution is 7.15. The van der Waals surface area contributed by atoms with Crippen molar-refractivity contribution < 1.29 is 9.59 Å². The average molecular weight is 324 g/mol. The van der Waals surface area contributed by atoms with E-state index in [2.05, 4.69) is 20.9 Å². The van der Waals surface area contributed by atoms with Gasteiger partial charge in [-0.05, 0) is 26.2 Å². The third-order valence-electron chi connectivity index (χ3n) is 3.67. The minimum absolute atomic E-state index is 0.0659. The average Bonchev–Trinajstić information content (AvgIpc) is 2.90. The van der Waals surface area contributed by atoms with Crippen LogP contribution in [0.5, 0.6) is 0 Å². The zero-order valence-corrected chi connectivity index (χ0v) is 13.8. The monoisotopic (exact) mass is 324 g/mol. The fourth-order valence-electron chi connectivity index (χ4n) is 2.53. The molecular formula is C15H24N4O2S. The number of nitrogens with zero attached hydrogens (tertiary/aromatic N) is 1. The molecule has 2 rings (SSSR count). The number of rotatable bonds is 6. The summed E-state index contributed by atoms with van der Waals surface area (Å²) in [6.45, 7) is 2.45. The van der Waals surface area contributed by atoms with Gasteiger partial charge >= 0.3 is 6.03 Å². The molecule has 0 unspecified atom stereocenters. The second-order valence-corrected chi connectivity index (χ2v) is 6.90.